The van der Waals surface area contributed by atoms with Gasteiger partial charge in [0.1, 0.15) is 28.7 Å². The number of halogens is 2. The van der Waals surface area contributed by atoms with E-state index in [0.29, 0.717) is 10.9 Å². The normalized spacial score (nSPS) is 11.0. The minimum Gasteiger partial charge on any atom is -0.426 e. The van der Waals surface area contributed by atoms with Gasteiger partial charge in [0.05, 0.1) is 6.20 Å². The van der Waals surface area contributed by atoms with E-state index in [0.717, 1.165) is 16.8 Å². The molecule has 0 saturated carbocycles. The molecule has 0 bridgehead atoms. The van der Waals surface area contributed by atoms with Crippen molar-refractivity contribution in [3.05, 3.63) is 70.2 Å². The summed E-state index contributed by atoms with van der Waals surface area (Å²) in [5.74, 6) is -1.71. The van der Waals surface area contributed by atoms with E-state index in [1.807, 2.05) is 0 Å². The van der Waals surface area contributed by atoms with Gasteiger partial charge in [0.25, 0.3) is 0 Å². The quantitative estimate of drug-likeness (QED) is 0.299. The Hall–Kier alpha value is -3.88. The summed E-state index contributed by atoms with van der Waals surface area (Å²) in [5, 5.41) is 8.27. The van der Waals surface area contributed by atoms with E-state index in [9.17, 15) is 18.4 Å². The number of aryl methyl sites for hydroxylation is 1. The number of carbonyl (C=O) groups is 1. The highest BCUT2D eigenvalue weighted by molar-refractivity contribution is 5.84. The molecule has 4 rings (SSSR count). The third kappa shape index (κ3) is 3.38. The standard InChI is InChI=1S/C20H13F2N3O4/c1-10-18(28-11(2)26)6-3-12-7-17(20(27)29-19(10)12)25-9-16(23-24-25)14-5-4-13(21)8-15(14)22/h3-9H,1-2H3. The molecule has 0 amide bonds. The molecule has 0 aliphatic heterocycles. The number of aromatic nitrogens is 3. The van der Waals surface area contributed by atoms with Crippen LogP contribution in [-0.2, 0) is 4.79 Å². The number of esters is 1. The molecule has 9 heteroatoms. The Kier molecular flexibility index (Phi) is 4.42. The Balaban J connectivity index is 1.79. The molecular formula is C20H13F2N3O4. The molecule has 7 nitrogen and oxygen atoms in total. The SMILES string of the molecule is CC(=O)Oc1ccc2cc(-n3cc(-c4ccc(F)cc4F)nn3)c(=O)oc2c1C. The van der Waals surface area contributed by atoms with Crippen molar-refractivity contribution in [3.63, 3.8) is 0 Å². The van der Waals surface area contributed by atoms with E-state index in [1.54, 1.807) is 19.1 Å². The largest absolute Gasteiger partial charge is 0.426 e. The van der Waals surface area contributed by atoms with Crippen molar-refractivity contribution in [2.75, 3.05) is 0 Å². The van der Waals surface area contributed by atoms with Gasteiger partial charge in [-0.3, -0.25) is 4.79 Å². The molecule has 4 aromatic rings. The molecule has 29 heavy (non-hydrogen) atoms. The molecule has 0 radical (unpaired) electrons. The summed E-state index contributed by atoms with van der Waals surface area (Å²) in [6, 6.07) is 7.83. The fraction of sp³-hybridized carbons (Fsp3) is 0.100. The molecule has 0 spiro atoms. The minimum absolute atomic E-state index is 0.0460. The zero-order valence-electron chi connectivity index (χ0n) is 15.3. The maximum atomic E-state index is 14.0. The summed E-state index contributed by atoms with van der Waals surface area (Å²) < 4.78 is 38.7. The van der Waals surface area contributed by atoms with Crippen LogP contribution in [0, 0.1) is 18.6 Å². The molecule has 0 aliphatic rings. The van der Waals surface area contributed by atoms with E-state index in [1.165, 1.54) is 25.3 Å². The molecule has 0 saturated heterocycles. The van der Waals surface area contributed by atoms with Gasteiger partial charge in [0.2, 0.25) is 0 Å². The summed E-state index contributed by atoms with van der Waals surface area (Å²) in [6.45, 7) is 2.93. The summed E-state index contributed by atoms with van der Waals surface area (Å²) in [7, 11) is 0. The second-order valence-corrected chi connectivity index (χ2v) is 6.29. The molecule has 0 fully saturated rings. The molecule has 2 aromatic heterocycles. The number of ether oxygens (including phenoxy) is 1. The van der Waals surface area contributed by atoms with Crippen LogP contribution in [0.2, 0.25) is 0 Å². The topological polar surface area (TPSA) is 87.2 Å². The van der Waals surface area contributed by atoms with Crippen LogP contribution in [-0.4, -0.2) is 21.0 Å². The second-order valence-electron chi connectivity index (χ2n) is 6.29. The summed E-state index contributed by atoms with van der Waals surface area (Å²) in [5.41, 5.74) is 0.277. The molecule has 0 atom stereocenters. The van der Waals surface area contributed by atoms with Crippen molar-refractivity contribution in [1.82, 2.24) is 15.0 Å². The van der Waals surface area contributed by atoms with E-state index >= 15 is 0 Å². The highest BCUT2D eigenvalue weighted by Gasteiger charge is 2.16. The first-order chi connectivity index (χ1) is 13.8. The van der Waals surface area contributed by atoms with Gasteiger partial charge in [-0.2, -0.15) is 0 Å². The number of fused-ring (bicyclic) bond motifs is 1. The maximum absolute atomic E-state index is 14.0. The molecule has 0 N–H and O–H groups in total. The smallest absolute Gasteiger partial charge is 0.362 e. The molecule has 2 aromatic carbocycles. The van der Waals surface area contributed by atoms with Gasteiger partial charge in [0.15, 0.2) is 5.69 Å². The lowest BCUT2D eigenvalue weighted by Gasteiger charge is -2.08. The summed E-state index contributed by atoms with van der Waals surface area (Å²) in [6.07, 6.45) is 1.34. The highest BCUT2D eigenvalue weighted by atomic mass is 19.1. The summed E-state index contributed by atoms with van der Waals surface area (Å²) in [4.78, 5) is 23.7. The average Bonchev–Trinajstić information content (AvgIpc) is 3.13. The van der Waals surface area contributed by atoms with Crippen LogP contribution in [0.1, 0.15) is 12.5 Å². The molecule has 2 heterocycles. The lowest BCUT2D eigenvalue weighted by atomic mass is 10.1. The van der Waals surface area contributed by atoms with Crippen LogP contribution in [0.4, 0.5) is 8.78 Å². The predicted octanol–water partition coefficient (Wildman–Crippen LogP) is 3.55. The third-order valence-corrected chi connectivity index (χ3v) is 4.28. The maximum Gasteiger partial charge on any atom is 0.362 e. The fourth-order valence-electron chi connectivity index (χ4n) is 2.92. The minimum atomic E-state index is -0.795. The lowest BCUT2D eigenvalue weighted by Crippen LogP contribution is -2.11. The number of hydrogen-bond acceptors (Lipinski definition) is 6. The number of nitrogens with zero attached hydrogens (tertiary/aromatic N) is 3. The zero-order valence-corrected chi connectivity index (χ0v) is 15.3. The summed E-state index contributed by atoms with van der Waals surface area (Å²) >= 11 is 0. The Morgan fingerprint density at radius 1 is 1.17 bits per heavy atom. The Bertz CT molecular complexity index is 1330. The Morgan fingerprint density at radius 2 is 1.97 bits per heavy atom. The third-order valence-electron chi connectivity index (χ3n) is 4.28. The fourth-order valence-corrected chi connectivity index (χ4v) is 2.92. The van der Waals surface area contributed by atoms with Crippen LogP contribution in [0.3, 0.4) is 0 Å². The molecule has 146 valence electrons. The first-order valence-corrected chi connectivity index (χ1v) is 8.47. The van der Waals surface area contributed by atoms with Crippen molar-refractivity contribution in [2.24, 2.45) is 0 Å². The monoisotopic (exact) mass is 397 g/mol. The van der Waals surface area contributed by atoms with Crippen LogP contribution in [0.5, 0.6) is 5.75 Å². The van der Waals surface area contributed by atoms with Crippen LogP contribution in [0.15, 0.2) is 51.8 Å². The van der Waals surface area contributed by atoms with Gasteiger partial charge < -0.3 is 9.15 Å². The zero-order chi connectivity index (χ0) is 20.7. The number of carbonyl (C=O) groups excluding carboxylic acids is 1. The Morgan fingerprint density at radius 3 is 2.69 bits per heavy atom. The van der Waals surface area contributed by atoms with E-state index in [2.05, 4.69) is 10.3 Å². The van der Waals surface area contributed by atoms with E-state index in [4.69, 9.17) is 9.15 Å². The van der Waals surface area contributed by atoms with Gasteiger partial charge in [-0.15, -0.1) is 5.10 Å². The lowest BCUT2D eigenvalue weighted by molar-refractivity contribution is -0.131. The van der Waals surface area contributed by atoms with Crippen LogP contribution < -0.4 is 10.4 Å². The van der Waals surface area contributed by atoms with E-state index in [-0.39, 0.29) is 28.3 Å². The number of rotatable bonds is 3. The van der Waals surface area contributed by atoms with Crippen molar-refractivity contribution >= 4 is 16.9 Å². The molecular weight excluding hydrogens is 384 g/mol. The van der Waals surface area contributed by atoms with Gasteiger partial charge in [0, 0.05) is 29.5 Å². The van der Waals surface area contributed by atoms with Crippen LogP contribution >= 0.6 is 0 Å². The second kappa shape index (κ2) is 6.93. The number of benzene rings is 2. The van der Waals surface area contributed by atoms with Crippen molar-refractivity contribution in [2.45, 2.75) is 13.8 Å². The van der Waals surface area contributed by atoms with Crippen molar-refractivity contribution < 1.29 is 22.7 Å². The van der Waals surface area contributed by atoms with E-state index < -0.39 is 23.2 Å². The van der Waals surface area contributed by atoms with Gasteiger partial charge in [-0.05, 0) is 37.3 Å². The first kappa shape index (κ1) is 18.5. The number of hydrogen-bond donors (Lipinski definition) is 0. The van der Waals surface area contributed by atoms with Gasteiger partial charge in [-0.1, -0.05) is 5.21 Å². The predicted molar refractivity (Wildman–Crippen MR) is 98.8 cm³/mol. The average molecular weight is 397 g/mol. The van der Waals surface area contributed by atoms with Gasteiger partial charge in [-0.25, -0.2) is 18.3 Å². The Labute approximate surface area is 162 Å². The first-order valence-electron chi connectivity index (χ1n) is 8.47. The molecule has 0 aliphatic carbocycles. The van der Waals surface area contributed by atoms with Crippen LogP contribution in [0.25, 0.3) is 27.9 Å². The molecule has 0 unspecified atom stereocenters. The van der Waals surface area contributed by atoms with Crippen molar-refractivity contribution in [3.8, 4) is 22.7 Å². The highest BCUT2D eigenvalue weighted by Crippen LogP contribution is 2.28. The van der Waals surface area contributed by atoms with Crippen molar-refractivity contribution in [1.29, 1.82) is 0 Å². The van der Waals surface area contributed by atoms with Gasteiger partial charge >= 0.3 is 11.6 Å².